The third kappa shape index (κ3) is 3.30. The van der Waals surface area contributed by atoms with Gasteiger partial charge < -0.3 is 5.32 Å². The fraction of sp³-hybridized carbons (Fsp3) is 0.0667. The van der Waals surface area contributed by atoms with Crippen molar-refractivity contribution in [3.63, 3.8) is 0 Å². The molecule has 0 saturated carbocycles. The lowest BCUT2D eigenvalue weighted by molar-refractivity contribution is 0.102. The Labute approximate surface area is 121 Å². The third-order valence-electron chi connectivity index (χ3n) is 2.92. The minimum Gasteiger partial charge on any atom is -0.305 e. The van der Waals surface area contributed by atoms with Gasteiger partial charge in [0.2, 0.25) is 0 Å². The fourth-order valence-electron chi connectivity index (χ4n) is 1.88. The van der Waals surface area contributed by atoms with Crippen LogP contribution in [0.4, 0.5) is 5.82 Å². The van der Waals surface area contributed by atoms with Crippen LogP contribution in [0.5, 0.6) is 0 Å². The number of carbonyl (C=O) groups excluding carboxylic acids is 1. The van der Waals surface area contributed by atoms with E-state index in [9.17, 15) is 4.79 Å². The number of nitrogens with one attached hydrogen (secondary N) is 1. The number of carbonyl (C=O) groups is 1. The molecule has 6 nitrogen and oxygen atoms in total. The smallest absolute Gasteiger partial charge is 0.256 e. The lowest BCUT2D eigenvalue weighted by Gasteiger charge is -2.02. The predicted octanol–water partition coefficient (Wildman–Crippen LogP) is 1.97. The minimum atomic E-state index is -0.202. The van der Waals surface area contributed by atoms with Crippen LogP contribution < -0.4 is 5.32 Å². The number of rotatable bonds is 4. The molecule has 0 radical (unpaired) electrons. The van der Waals surface area contributed by atoms with Gasteiger partial charge in [-0.2, -0.15) is 5.10 Å². The molecule has 0 fully saturated rings. The van der Waals surface area contributed by atoms with Gasteiger partial charge in [0.15, 0.2) is 5.82 Å². The second-order valence-electron chi connectivity index (χ2n) is 4.44. The van der Waals surface area contributed by atoms with E-state index in [1.165, 1.54) is 0 Å². The first-order chi connectivity index (χ1) is 10.3. The Hall–Kier alpha value is -3.02. The van der Waals surface area contributed by atoms with Gasteiger partial charge in [0, 0.05) is 42.6 Å². The number of aromatic nitrogens is 4. The van der Waals surface area contributed by atoms with Crippen LogP contribution in [-0.4, -0.2) is 25.7 Å². The summed E-state index contributed by atoms with van der Waals surface area (Å²) < 4.78 is 1.76. The number of amides is 1. The topological polar surface area (TPSA) is 72.7 Å². The van der Waals surface area contributed by atoms with E-state index in [4.69, 9.17) is 0 Å². The molecule has 0 unspecified atom stereocenters. The van der Waals surface area contributed by atoms with E-state index in [0.717, 1.165) is 5.56 Å². The Kier molecular flexibility index (Phi) is 3.68. The normalized spacial score (nSPS) is 10.3. The molecule has 3 aromatic rings. The van der Waals surface area contributed by atoms with Crippen molar-refractivity contribution in [3.8, 4) is 0 Å². The molecule has 0 saturated heterocycles. The van der Waals surface area contributed by atoms with Crippen molar-refractivity contribution in [1.82, 2.24) is 19.7 Å². The molecule has 1 amide bonds. The van der Waals surface area contributed by atoms with Gasteiger partial charge >= 0.3 is 0 Å². The molecule has 0 aliphatic heterocycles. The zero-order valence-corrected chi connectivity index (χ0v) is 11.2. The third-order valence-corrected chi connectivity index (χ3v) is 2.92. The van der Waals surface area contributed by atoms with Gasteiger partial charge in [-0.3, -0.25) is 19.4 Å². The Balaban J connectivity index is 1.67. The minimum absolute atomic E-state index is 0.202. The van der Waals surface area contributed by atoms with Crippen molar-refractivity contribution in [2.24, 2.45) is 0 Å². The zero-order valence-electron chi connectivity index (χ0n) is 11.2. The second-order valence-corrected chi connectivity index (χ2v) is 4.44. The van der Waals surface area contributed by atoms with Gasteiger partial charge in [0.25, 0.3) is 5.91 Å². The van der Waals surface area contributed by atoms with Crippen LogP contribution >= 0.6 is 0 Å². The molecule has 0 bridgehead atoms. The molecule has 104 valence electrons. The van der Waals surface area contributed by atoms with E-state index in [2.05, 4.69) is 20.4 Å². The summed E-state index contributed by atoms with van der Waals surface area (Å²) in [6.07, 6.45) is 8.46. The first-order valence-corrected chi connectivity index (χ1v) is 6.45. The van der Waals surface area contributed by atoms with E-state index < -0.39 is 0 Å². The van der Waals surface area contributed by atoms with Crippen LogP contribution in [0.25, 0.3) is 0 Å². The summed E-state index contributed by atoms with van der Waals surface area (Å²) in [5, 5.41) is 7.07. The van der Waals surface area contributed by atoms with Crippen LogP contribution in [0.2, 0.25) is 0 Å². The van der Waals surface area contributed by atoms with Gasteiger partial charge in [-0.15, -0.1) is 0 Å². The zero-order chi connectivity index (χ0) is 14.5. The van der Waals surface area contributed by atoms with Crippen molar-refractivity contribution < 1.29 is 4.79 Å². The largest absolute Gasteiger partial charge is 0.305 e. The molecule has 0 atom stereocenters. The lowest BCUT2D eigenvalue weighted by atomic mass is 10.2. The van der Waals surface area contributed by atoms with Crippen LogP contribution in [0.1, 0.15) is 15.9 Å². The van der Waals surface area contributed by atoms with Crippen LogP contribution in [0.3, 0.4) is 0 Å². The number of anilines is 1. The summed E-state index contributed by atoms with van der Waals surface area (Å²) in [6, 6.07) is 8.93. The van der Waals surface area contributed by atoms with Crippen molar-refractivity contribution in [2.75, 3.05) is 5.32 Å². The number of hydrogen-bond donors (Lipinski definition) is 1. The average molecular weight is 279 g/mol. The van der Waals surface area contributed by atoms with Crippen molar-refractivity contribution in [2.45, 2.75) is 6.54 Å². The Morgan fingerprint density at radius 1 is 1.00 bits per heavy atom. The predicted molar refractivity (Wildman–Crippen MR) is 77.8 cm³/mol. The monoisotopic (exact) mass is 279 g/mol. The van der Waals surface area contributed by atoms with Gasteiger partial charge in [-0.25, -0.2) is 0 Å². The summed E-state index contributed by atoms with van der Waals surface area (Å²) in [5.74, 6) is 0.317. The summed E-state index contributed by atoms with van der Waals surface area (Å²) in [6.45, 7) is 0.633. The Morgan fingerprint density at radius 3 is 2.38 bits per heavy atom. The molecular formula is C15H13N5O. The summed E-state index contributed by atoms with van der Waals surface area (Å²) >= 11 is 0. The van der Waals surface area contributed by atoms with Crippen molar-refractivity contribution >= 4 is 11.7 Å². The maximum absolute atomic E-state index is 12.0. The average Bonchev–Trinajstić information content (AvgIpc) is 2.96. The number of pyridine rings is 2. The molecule has 3 aromatic heterocycles. The van der Waals surface area contributed by atoms with Gasteiger partial charge in [0.1, 0.15) is 0 Å². The molecule has 0 aliphatic rings. The summed E-state index contributed by atoms with van der Waals surface area (Å²) in [7, 11) is 0. The Bertz CT molecular complexity index is 724. The first kappa shape index (κ1) is 13.0. The van der Waals surface area contributed by atoms with Crippen molar-refractivity contribution in [3.05, 3.63) is 72.4 Å². The standard InChI is InChI=1S/C15H13N5O/c21-15(13-3-8-17-9-4-13)18-14-5-10-20(19-14)11-12-1-6-16-7-2-12/h1-10H,11H2,(H,18,19,21). The highest BCUT2D eigenvalue weighted by Gasteiger charge is 2.07. The highest BCUT2D eigenvalue weighted by molar-refractivity contribution is 6.03. The molecular weight excluding hydrogens is 266 g/mol. The quantitative estimate of drug-likeness (QED) is 0.792. The van der Waals surface area contributed by atoms with Crippen LogP contribution in [0, 0.1) is 0 Å². The van der Waals surface area contributed by atoms with E-state index in [1.54, 1.807) is 47.7 Å². The molecule has 6 heteroatoms. The number of nitrogens with zero attached hydrogens (tertiary/aromatic N) is 4. The molecule has 3 rings (SSSR count). The molecule has 0 aliphatic carbocycles. The fourth-order valence-corrected chi connectivity index (χ4v) is 1.88. The molecule has 0 spiro atoms. The summed E-state index contributed by atoms with van der Waals surface area (Å²) in [4.78, 5) is 19.8. The van der Waals surface area contributed by atoms with E-state index in [1.807, 2.05) is 18.3 Å². The highest BCUT2D eigenvalue weighted by atomic mass is 16.1. The van der Waals surface area contributed by atoms with E-state index in [-0.39, 0.29) is 5.91 Å². The molecule has 3 heterocycles. The molecule has 21 heavy (non-hydrogen) atoms. The molecule has 0 aromatic carbocycles. The number of hydrogen-bond acceptors (Lipinski definition) is 4. The van der Waals surface area contributed by atoms with Crippen LogP contribution in [-0.2, 0) is 6.54 Å². The van der Waals surface area contributed by atoms with Gasteiger partial charge in [0.05, 0.1) is 6.54 Å². The maximum atomic E-state index is 12.0. The van der Waals surface area contributed by atoms with E-state index >= 15 is 0 Å². The summed E-state index contributed by atoms with van der Waals surface area (Å²) in [5.41, 5.74) is 1.65. The van der Waals surface area contributed by atoms with Crippen LogP contribution in [0.15, 0.2) is 61.3 Å². The van der Waals surface area contributed by atoms with E-state index in [0.29, 0.717) is 17.9 Å². The van der Waals surface area contributed by atoms with Gasteiger partial charge in [-0.1, -0.05) is 0 Å². The van der Waals surface area contributed by atoms with Gasteiger partial charge in [-0.05, 0) is 29.8 Å². The second kappa shape index (κ2) is 5.96. The molecule has 1 N–H and O–H groups in total. The Morgan fingerprint density at radius 2 is 1.67 bits per heavy atom. The lowest BCUT2D eigenvalue weighted by Crippen LogP contribution is -2.12. The SMILES string of the molecule is O=C(Nc1ccn(Cc2ccncc2)n1)c1ccncc1. The first-order valence-electron chi connectivity index (χ1n) is 6.45. The highest BCUT2D eigenvalue weighted by Crippen LogP contribution is 2.08. The van der Waals surface area contributed by atoms with Crippen molar-refractivity contribution in [1.29, 1.82) is 0 Å². The maximum Gasteiger partial charge on any atom is 0.256 e.